The van der Waals surface area contributed by atoms with Crippen molar-refractivity contribution in [2.75, 3.05) is 13.6 Å². The van der Waals surface area contributed by atoms with Gasteiger partial charge in [0.1, 0.15) is 0 Å². The number of nitrogens with one attached hydrogen (secondary N) is 1. The molecule has 0 spiro atoms. The lowest BCUT2D eigenvalue weighted by molar-refractivity contribution is -0.826. The van der Waals surface area contributed by atoms with E-state index in [4.69, 9.17) is 0 Å². The summed E-state index contributed by atoms with van der Waals surface area (Å²) in [5.74, 6) is 0.855. The van der Waals surface area contributed by atoms with Gasteiger partial charge >= 0.3 is 0 Å². The van der Waals surface area contributed by atoms with Crippen LogP contribution in [0.4, 0.5) is 0 Å². The molecular weight excluding hydrogens is 198 g/mol. The summed E-state index contributed by atoms with van der Waals surface area (Å²) in [5, 5.41) is 11.1. The SMILES string of the molecule is CCCCCCCC(C)CCCC[NH+](C)[O-]. The van der Waals surface area contributed by atoms with Crippen LogP contribution in [-0.4, -0.2) is 13.6 Å². The molecule has 2 atom stereocenters. The van der Waals surface area contributed by atoms with Crippen LogP contribution in [0.25, 0.3) is 0 Å². The van der Waals surface area contributed by atoms with Gasteiger partial charge in [0.05, 0.1) is 13.6 Å². The highest BCUT2D eigenvalue weighted by molar-refractivity contribution is 4.54. The van der Waals surface area contributed by atoms with Crippen molar-refractivity contribution in [1.82, 2.24) is 0 Å². The molecule has 0 fully saturated rings. The van der Waals surface area contributed by atoms with E-state index in [0.29, 0.717) is 5.06 Å². The molecule has 0 aliphatic carbocycles. The summed E-state index contributed by atoms with van der Waals surface area (Å²) in [6, 6.07) is 0. The van der Waals surface area contributed by atoms with Crippen LogP contribution in [0, 0.1) is 11.1 Å². The lowest BCUT2D eigenvalue weighted by Crippen LogP contribution is -3.03. The second-order valence-electron chi connectivity index (χ2n) is 5.26. The predicted molar refractivity (Wildman–Crippen MR) is 71.5 cm³/mol. The normalized spacial score (nSPS) is 15.0. The summed E-state index contributed by atoms with van der Waals surface area (Å²) in [7, 11) is 1.69. The molecule has 16 heavy (non-hydrogen) atoms. The maximum absolute atomic E-state index is 10.8. The average Bonchev–Trinajstić information content (AvgIpc) is 2.24. The van der Waals surface area contributed by atoms with Gasteiger partial charge in [0.15, 0.2) is 0 Å². The fraction of sp³-hybridized carbons (Fsp3) is 1.00. The van der Waals surface area contributed by atoms with Crippen molar-refractivity contribution in [2.24, 2.45) is 5.92 Å². The van der Waals surface area contributed by atoms with Crippen LogP contribution in [0.1, 0.15) is 71.6 Å². The monoisotopic (exact) mass is 229 g/mol. The number of quaternary nitrogens is 1. The Morgan fingerprint density at radius 2 is 1.50 bits per heavy atom. The van der Waals surface area contributed by atoms with Gasteiger partial charge in [-0.15, -0.1) is 0 Å². The van der Waals surface area contributed by atoms with Crippen LogP contribution in [0.5, 0.6) is 0 Å². The van der Waals surface area contributed by atoms with Gasteiger partial charge in [-0.2, -0.15) is 0 Å². The zero-order valence-corrected chi connectivity index (χ0v) is 11.6. The summed E-state index contributed by atoms with van der Waals surface area (Å²) >= 11 is 0. The molecule has 0 aromatic carbocycles. The number of hydrogen-bond donors (Lipinski definition) is 1. The van der Waals surface area contributed by atoms with E-state index in [-0.39, 0.29) is 0 Å². The topological polar surface area (TPSA) is 27.5 Å². The minimum absolute atomic E-state index is 0.340. The first kappa shape index (κ1) is 15.9. The molecule has 2 heteroatoms. The molecule has 2 unspecified atom stereocenters. The predicted octanol–water partition coefficient (Wildman–Crippen LogP) is 3.17. The Balaban J connectivity index is 3.15. The van der Waals surface area contributed by atoms with Crippen molar-refractivity contribution in [2.45, 2.75) is 71.6 Å². The molecule has 1 N–H and O–H groups in total. The summed E-state index contributed by atoms with van der Waals surface area (Å²) in [5.41, 5.74) is 0. The fourth-order valence-electron chi connectivity index (χ4n) is 2.11. The number of hydroxylamine groups is 2. The van der Waals surface area contributed by atoms with Gasteiger partial charge in [0.2, 0.25) is 0 Å². The Morgan fingerprint density at radius 1 is 0.938 bits per heavy atom. The Hall–Kier alpha value is -0.0800. The molecule has 0 aromatic rings. The molecule has 0 bridgehead atoms. The van der Waals surface area contributed by atoms with Crippen LogP contribution in [0.3, 0.4) is 0 Å². The lowest BCUT2D eigenvalue weighted by Gasteiger charge is -2.16. The van der Waals surface area contributed by atoms with Crippen LogP contribution in [0.2, 0.25) is 0 Å². The Morgan fingerprint density at radius 3 is 2.06 bits per heavy atom. The third-order valence-electron chi connectivity index (χ3n) is 3.28. The van der Waals surface area contributed by atoms with E-state index in [1.807, 2.05) is 0 Å². The molecule has 0 rings (SSSR count). The van der Waals surface area contributed by atoms with E-state index in [2.05, 4.69) is 13.8 Å². The highest BCUT2D eigenvalue weighted by Gasteiger charge is 2.02. The Bertz CT molecular complexity index is 137. The molecule has 0 aliphatic heterocycles. The smallest absolute Gasteiger partial charge is 0.0766 e. The minimum atomic E-state index is 0.340. The fourth-order valence-corrected chi connectivity index (χ4v) is 2.11. The first-order chi connectivity index (χ1) is 7.66. The van der Waals surface area contributed by atoms with E-state index in [1.165, 1.54) is 51.4 Å². The summed E-state index contributed by atoms with van der Waals surface area (Å²) in [6.07, 6.45) is 12.0. The molecule has 2 nitrogen and oxygen atoms in total. The quantitative estimate of drug-likeness (QED) is 0.428. The highest BCUT2D eigenvalue weighted by atomic mass is 16.5. The number of unbranched alkanes of at least 4 members (excludes halogenated alkanes) is 5. The van der Waals surface area contributed by atoms with Crippen molar-refractivity contribution >= 4 is 0 Å². The standard InChI is InChI=1S/C14H31NO/c1-4-5-6-7-8-11-14(2)12-9-10-13-15(3)16/h14-15H,4-13H2,1-3H3. The third-order valence-corrected chi connectivity index (χ3v) is 3.28. The Kier molecular flexibility index (Phi) is 11.3. The first-order valence-electron chi connectivity index (χ1n) is 7.16. The van der Waals surface area contributed by atoms with Gasteiger partial charge in [0.25, 0.3) is 0 Å². The molecule has 0 saturated carbocycles. The van der Waals surface area contributed by atoms with E-state index < -0.39 is 0 Å². The molecule has 98 valence electrons. The first-order valence-corrected chi connectivity index (χ1v) is 7.16. The number of hydrogen-bond acceptors (Lipinski definition) is 1. The van der Waals surface area contributed by atoms with Gasteiger partial charge in [-0.05, 0) is 18.8 Å². The van der Waals surface area contributed by atoms with E-state index in [0.717, 1.165) is 18.9 Å². The summed E-state index contributed by atoms with van der Waals surface area (Å²) in [6.45, 7) is 5.40. The zero-order chi connectivity index (χ0) is 12.2. The van der Waals surface area contributed by atoms with Crippen molar-refractivity contribution < 1.29 is 5.06 Å². The zero-order valence-electron chi connectivity index (χ0n) is 11.6. The second kappa shape index (κ2) is 11.4. The maximum atomic E-state index is 10.8. The third kappa shape index (κ3) is 12.0. The van der Waals surface area contributed by atoms with Crippen LogP contribution < -0.4 is 5.06 Å². The molecule has 0 heterocycles. The highest BCUT2D eigenvalue weighted by Crippen LogP contribution is 2.16. The van der Waals surface area contributed by atoms with Crippen molar-refractivity contribution in [1.29, 1.82) is 0 Å². The van der Waals surface area contributed by atoms with Gasteiger partial charge < -0.3 is 10.3 Å². The molecule has 0 amide bonds. The van der Waals surface area contributed by atoms with Crippen molar-refractivity contribution in [3.05, 3.63) is 5.21 Å². The van der Waals surface area contributed by atoms with Crippen molar-refractivity contribution in [3.63, 3.8) is 0 Å². The van der Waals surface area contributed by atoms with Crippen LogP contribution in [-0.2, 0) is 0 Å². The molecule has 0 radical (unpaired) electrons. The summed E-state index contributed by atoms with van der Waals surface area (Å²) in [4.78, 5) is 0. The largest absolute Gasteiger partial charge is 0.634 e. The van der Waals surface area contributed by atoms with Crippen LogP contribution in [0.15, 0.2) is 0 Å². The maximum Gasteiger partial charge on any atom is 0.0766 e. The van der Waals surface area contributed by atoms with Gasteiger partial charge in [-0.25, -0.2) is 0 Å². The van der Waals surface area contributed by atoms with Crippen LogP contribution >= 0.6 is 0 Å². The van der Waals surface area contributed by atoms with Crippen molar-refractivity contribution in [3.8, 4) is 0 Å². The van der Waals surface area contributed by atoms with E-state index >= 15 is 0 Å². The van der Waals surface area contributed by atoms with Gasteiger partial charge in [-0.1, -0.05) is 58.8 Å². The minimum Gasteiger partial charge on any atom is -0.634 e. The summed E-state index contributed by atoms with van der Waals surface area (Å²) < 4.78 is 0. The van der Waals surface area contributed by atoms with E-state index in [9.17, 15) is 5.21 Å². The van der Waals surface area contributed by atoms with Gasteiger partial charge in [-0.3, -0.25) is 0 Å². The molecular formula is C14H31NO. The molecule has 0 aliphatic rings. The van der Waals surface area contributed by atoms with Gasteiger partial charge in [0, 0.05) is 0 Å². The Labute approximate surface area is 102 Å². The lowest BCUT2D eigenvalue weighted by atomic mass is 9.97. The molecule has 0 saturated heterocycles. The molecule has 0 aromatic heterocycles. The van der Waals surface area contributed by atoms with E-state index in [1.54, 1.807) is 7.05 Å². The number of rotatable bonds is 11. The average molecular weight is 229 g/mol. The second-order valence-corrected chi connectivity index (χ2v) is 5.26.